The molecule has 0 aliphatic heterocycles. The number of nitrogens with one attached hydrogen (secondary N) is 1. The van der Waals surface area contributed by atoms with Gasteiger partial charge in [-0.25, -0.2) is 0 Å². The van der Waals surface area contributed by atoms with Gasteiger partial charge in [0.2, 0.25) is 0 Å². The van der Waals surface area contributed by atoms with Crippen molar-refractivity contribution in [1.82, 2.24) is 5.32 Å². The Labute approximate surface area is 111 Å². The predicted molar refractivity (Wildman–Crippen MR) is 74.1 cm³/mol. The monoisotopic (exact) mass is 263 g/mol. The third-order valence-electron chi connectivity index (χ3n) is 2.80. The van der Waals surface area contributed by atoms with E-state index in [1.165, 1.54) is 10.9 Å². The topological polar surface area (TPSA) is 52.5 Å². The largest absolute Gasteiger partial charge is 0.508 e. The van der Waals surface area contributed by atoms with Crippen LogP contribution in [0.15, 0.2) is 35.7 Å². The number of rotatable bonds is 5. The highest BCUT2D eigenvalue weighted by atomic mass is 32.1. The first-order valence-electron chi connectivity index (χ1n) is 5.92. The molecule has 3 nitrogen and oxygen atoms in total. The molecule has 0 radical (unpaired) electrons. The number of thiophene rings is 1. The molecular weight excluding hydrogens is 246 g/mol. The van der Waals surface area contributed by atoms with E-state index in [2.05, 4.69) is 29.8 Å². The lowest BCUT2D eigenvalue weighted by molar-refractivity contribution is 0.440. The molecule has 2 rings (SSSR count). The van der Waals surface area contributed by atoms with Crippen LogP contribution >= 0.6 is 11.3 Å². The second kappa shape index (κ2) is 5.89. The Morgan fingerprint density at radius 2 is 2.11 bits per heavy atom. The average molecular weight is 263 g/mol. The molecule has 0 bridgehead atoms. The van der Waals surface area contributed by atoms with Crippen LogP contribution in [0.5, 0.6) is 11.5 Å². The second-order valence-electron chi connectivity index (χ2n) is 4.38. The zero-order valence-electron chi connectivity index (χ0n) is 10.3. The molecule has 0 aliphatic rings. The fourth-order valence-electron chi connectivity index (χ4n) is 1.79. The van der Waals surface area contributed by atoms with E-state index >= 15 is 0 Å². The van der Waals surface area contributed by atoms with E-state index in [0.29, 0.717) is 12.6 Å². The molecule has 1 atom stereocenters. The number of phenolic OH excluding ortho intramolecular Hbond substituents is 2. The van der Waals surface area contributed by atoms with Crippen LogP contribution in [-0.4, -0.2) is 16.3 Å². The van der Waals surface area contributed by atoms with E-state index < -0.39 is 0 Å². The van der Waals surface area contributed by atoms with Crippen LogP contribution in [-0.2, 0) is 13.0 Å². The fourth-order valence-corrected chi connectivity index (χ4v) is 2.62. The number of hydrogen-bond donors (Lipinski definition) is 3. The summed E-state index contributed by atoms with van der Waals surface area (Å²) in [7, 11) is 0. The van der Waals surface area contributed by atoms with Gasteiger partial charge in [0.15, 0.2) is 0 Å². The quantitative estimate of drug-likeness (QED) is 0.777. The minimum atomic E-state index is 0.0860. The highest BCUT2D eigenvalue weighted by molar-refractivity contribution is 7.09. The molecule has 1 unspecified atom stereocenters. The SMILES string of the molecule is CC(Cc1cccs1)NCc1ccc(O)cc1O. The summed E-state index contributed by atoms with van der Waals surface area (Å²) < 4.78 is 0. The van der Waals surface area contributed by atoms with E-state index in [1.807, 2.05) is 0 Å². The van der Waals surface area contributed by atoms with Gasteiger partial charge < -0.3 is 15.5 Å². The lowest BCUT2D eigenvalue weighted by atomic mass is 10.1. The van der Waals surface area contributed by atoms with E-state index in [4.69, 9.17) is 0 Å². The van der Waals surface area contributed by atoms with Crippen molar-refractivity contribution in [1.29, 1.82) is 0 Å². The molecule has 0 saturated carbocycles. The highest BCUT2D eigenvalue weighted by Crippen LogP contribution is 2.22. The molecule has 3 N–H and O–H groups in total. The third-order valence-corrected chi connectivity index (χ3v) is 3.70. The Bertz CT molecular complexity index is 497. The van der Waals surface area contributed by atoms with Gasteiger partial charge in [-0.2, -0.15) is 0 Å². The zero-order valence-corrected chi connectivity index (χ0v) is 11.1. The molecule has 0 saturated heterocycles. The number of aromatic hydroxyl groups is 2. The van der Waals surface area contributed by atoms with Gasteiger partial charge in [0.05, 0.1) is 0 Å². The second-order valence-corrected chi connectivity index (χ2v) is 5.41. The minimum absolute atomic E-state index is 0.0860. The van der Waals surface area contributed by atoms with E-state index in [0.717, 1.165) is 12.0 Å². The van der Waals surface area contributed by atoms with Crippen LogP contribution in [0.2, 0.25) is 0 Å². The molecular formula is C14H17NO2S. The third kappa shape index (κ3) is 3.48. The Morgan fingerprint density at radius 1 is 1.28 bits per heavy atom. The van der Waals surface area contributed by atoms with Crippen molar-refractivity contribution < 1.29 is 10.2 Å². The Kier molecular flexibility index (Phi) is 4.23. The van der Waals surface area contributed by atoms with Crippen LogP contribution in [0.1, 0.15) is 17.4 Å². The van der Waals surface area contributed by atoms with E-state index in [9.17, 15) is 10.2 Å². The van der Waals surface area contributed by atoms with Crippen molar-refractivity contribution in [3.05, 3.63) is 46.2 Å². The van der Waals surface area contributed by atoms with Gasteiger partial charge in [-0.3, -0.25) is 0 Å². The van der Waals surface area contributed by atoms with Gasteiger partial charge in [-0.1, -0.05) is 12.1 Å². The van der Waals surface area contributed by atoms with Gasteiger partial charge in [0.1, 0.15) is 11.5 Å². The van der Waals surface area contributed by atoms with Gasteiger partial charge in [0, 0.05) is 29.1 Å². The van der Waals surface area contributed by atoms with E-state index in [-0.39, 0.29) is 11.5 Å². The zero-order chi connectivity index (χ0) is 13.0. The molecule has 0 aliphatic carbocycles. The van der Waals surface area contributed by atoms with Crippen LogP contribution in [0.25, 0.3) is 0 Å². The van der Waals surface area contributed by atoms with Crippen LogP contribution in [0.3, 0.4) is 0 Å². The summed E-state index contributed by atoms with van der Waals surface area (Å²) in [5.74, 6) is 0.216. The van der Waals surface area contributed by atoms with Crippen molar-refractivity contribution in [2.24, 2.45) is 0 Å². The Balaban J connectivity index is 1.87. The van der Waals surface area contributed by atoms with Crippen LogP contribution in [0, 0.1) is 0 Å². The van der Waals surface area contributed by atoms with Crippen LogP contribution < -0.4 is 5.32 Å². The smallest absolute Gasteiger partial charge is 0.123 e. The maximum absolute atomic E-state index is 9.66. The Morgan fingerprint density at radius 3 is 2.78 bits per heavy atom. The minimum Gasteiger partial charge on any atom is -0.508 e. The molecule has 1 aromatic carbocycles. The number of phenols is 2. The van der Waals surface area contributed by atoms with Gasteiger partial charge in [-0.15, -0.1) is 11.3 Å². The first kappa shape index (κ1) is 12.9. The summed E-state index contributed by atoms with van der Waals surface area (Å²) in [6, 6.07) is 9.20. The highest BCUT2D eigenvalue weighted by Gasteiger charge is 2.06. The maximum Gasteiger partial charge on any atom is 0.123 e. The Hall–Kier alpha value is -1.52. The van der Waals surface area contributed by atoms with Crippen molar-refractivity contribution in [3.8, 4) is 11.5 Å². The molecule has 0 fully saturated rings. The van der Waals surface area contributed by atoms with Gasteiger partial charge >= 0.3 is 0 Å². The number of hydrogen-bond acceptors (Lipinski definition) is 4. The van der Waals surface area contributed by atoms with E-state index in [1.54, 1.807) is 23.5 Å². The normalized spacial score (nSPS) is 12.5. The molecule has 18 heavy (non-hydrogen) atoms. The van der Waals surface area contributed by atoms with Crippen molar-refractivity contribution in [3.63, 3.8) is 0 Å². The van der Waals surface area contributed by atoms with Crippen molar-refractivity contribution in [2.75, 3.05) is 0 Å². The molecule has 1 heterocycles. The molecule has 0 spiro atoms. The fraction of sp³-hybridized carbons (Fsp3) is 0.286. The predicted octanol–water partition coefficient (Wildman–Crippen LogP) is 2.88. The average Bonchev–Trinajstić information content (AvgIpc) is 2.80. The molecule has 0 amide bonds. The summed E-state index contributed by atoms with van der Waals surface area (Å²) in [5, 5.41) is 24.3. The van der Waals surface area contributed by atoms with Crippen LogP contribution in [0.4, 0.5) is 0 Å². The summed E-state index contributed by atoms with van der Waals surface area (Å²) in [6.45, 7) is 2.72. The van der Waals surface area contributed by atoms with Crippen molar-refractivity contribution in [2.45, 2.75) is 25.9 Å². The standard InChI is InChI=1S/C14H17NO2S/c1-10(7-13-3-2-6-18-13)15-9-11-4-5-12(16)8-14(11)17/h2-6,8,10,15-17H,7,9H2,1H3. The first-order valence-corrected chi connectivity index (χ1v) is 6.80. The summed E-state index contributed by atoms with van der Waals surface area (Å²) >= 11 is 1.76. The van der Waals surface area contributed by atoms with Gasteiger partial charge in [-0.05, 0) is 30.9 Å². The lowest BCUT2D eigenvalue weighted by Gasteiger charge is -2.13. The molecule has 4 heteroatoms. The lowest BCUT2D eigenvalue weighted by Crippen LogP contribution is -2.27. The molecule has 2 aromatic rings. The number of benzene rings is 1. The molecule has 96 valence electrons. The summed E-state index contributed by atoms with van der Waals surface area (Å²) in [4.78, 5) is 1.35. The maximum atomic E-state index is 9.66. The van der Waals surface area contributed by atoms with Gasteiger partial charge in [0.25, 0.3) is 0 Å². The summed E-state index contributed by atoms with van der Waals surface area (Å²) in [6.07, 6.45) is 0.983. The van der Waals surface area contributed by atoms with Crippen molar-refractivity contribution >= 4 is 11.3 Å². The first-order chi connectivity index (χ1) is 8.65. The molecule has 1 aromatic heterocycles. The summed E-state index contributed by atoms with van der Waals surface area (Å²) in [5.41, 5.74) is 0.797.